The number of carbonyl (C=O) groups excluding carboxylic acids is 1. The summed E-state index contributed by atoms with van der Waals surface area (Å²) in [5.41, 5.74) is 3.83. The molecule has 1 aliphatic rings. The SMILES string of the molecule is COC(=O)C1(N)CC(F)(F)C1.Cl. The number of carbonyl (C=O) groups is 1. The van der Waals surface area contributed by atoms with E-state index in [0.29, 0.717) is 0 Å². The molecular weight excluding hydrogens is 192 g/mol. The van der Waals surface area contributed by atoms with Gasteiger partial charge in [-0.1, -0.05) is 0 Å². The zero-order valence-corrected chi connectivity index (χ0v) is 7.29. The van der Waals surface area contributed by atoms with E-state index in [9.17, 15) is 13.6 Å². The van der Waals surface area contributed by atoms with E-state index in [-0.39, 0.29) is 12.4 Å². The molecule has 0 atom stereocenters. The first-order valence-electron chi connectivity index (χ1n) is 3.15. The van der Waals surface area contributed by atoms with E-state index in [1.165, 1.54) is 0 Å². The van der Waals surface area contributed by atoms with Gasteiger partial charge in [-0.3, -0.25) is 4.79 Å². The highest BCUT2D eigenvalue weighted by Gasteiger charge is 2.59. The lowest BCUT2D eigenvalue weighted by Gasteiger charge is -2.41. The summed E-state index contributed by atoms with van der Waals surface area (Å²) in [6.07, 6.45) is -1.21. The van der Waals surface area contributed by atoms with Crippen LogP contribution in [-0.2, 0) is 9.53 Å². The summed E-state index contributed by atoms with van der Waals surface area (Å²) in [5, 5.41) is 0. The third kappa shape index (κ3) is 1.84. The number of ether oxygens (including phenoxy) is 1. The summed E-state index contributed by atoms with van der Waals surface area (Å²) in [7, 11) is 1.13. The number of alkyl halides is 2. The fraction of sp³-hybridized carbons (Fsp3) is 0.833. The Morgan fingerprint density at radius 3 is 2.17 bits per heavy atom. The normalized spacial score (nSPS) is 23.3. The lowest BCUT2D eigenvalue weighted by atomic mass is 9.74. The second kappa shape index (κ2) is 3.14. The molecule has 0 heterocycles. The maximum absolute atomic E-state index is 12.2. The molecule has 0 aromatic carbocycles. The molecule has 0 saturated heterocycles. The van der Waals surface area contributed by atoms with E-state index in [0.717, 1.165) is 7.11 Å². The maximum Gasteiger partial charge on any atom is 0.326 e. The Hall–Kier alpha value is -0.420. The Bertz CT molecular complexity index is 190. The van der Waals surface area contributed by atoms with Crippen LogP contribution in [0.2, 0.25) is 0 Å². The number of methoxy groups -OCH3 is 1. The van der Waals surface area contributed by atoms with Crippen LogP contribution in [0.25, 0.3) is 0 Å². The molecule has 1 aliphatic carbocycles. The van der Waals surface area contributed by atoms with Crippen molar-refractivity contribution < 1.29 is 18.3 Å². The summed E-state index contributed by atoms with van der Waals surface area (Å²) < 4.78 is 28.7. The van der Waals surface area contributed by atoms with Crippen molar-refractivity contribution in [3.63, 3.8) is 0 Å². The van der Waals surface area contributed by atoms with E-state index in [4.69, 9.17) is 5.73 Å². The summed E-state index contributed by atoms with van der Waals surface area (Å²) in [5.74, 6) is -3.55. The second-order valence-corrected chi connectivity index (χ2v) is 2.86. The molecule has 1 saturated carbocycles. The van der Waals surface area contributed by atoms with Gasteiger partial charge in [-0.25, -0.2) is 8.78 Å². The Balaban J connectivity index is 0.00000121. The Morgan fingerprint density at radius 1 is 1.50 bits per heavy atom. The highest BCUT2D eigenvalue weighted by molar-refractivity contribution is 5.85. The van der Waals surface area contributed by atoms with Gasteiger partial charge in [0.05, 0.1) is 7.11 Å². The Kier molecular flexibility index (Phi) is 3.03. The van der Waals surface area contributed by atoms with Crippen molar-refractivity contribution in [1.29, 1.82) is 0 Å². The molecule has 0 unspecified atom stereocenters. The van der Waals surface area contributed by atoms with Crippen LogP contribution in [0.3, 0.4) is 0 Å². The van der Waals surface area contributed by atoms with Crippen molar-refractivity contribution in [3.05, 3.63) is 0 Å². The third-order valence-corrected chi connectivity index (χ3v) is 1.74. The molecule has 6 heteroatoms. The molecule has 1 rings (SSSR count). The predicted octanol–water partition coefficient (Wildman–Crippen LogP) is 0.708. The van der Waals surface area contributed by atoms with Gasteiger partial charge in [0.25, 0.3) is 5.92 Å². The van der Waals surface area contributed by atoms with Gasteiger partial charge in [-0.2, -0.15) is 0 Å². The van der Waals surface area contributed by atoms with Crippen LogP contribution in [0, 0.1) is 0 Å². The molecular formula is C6H10ClF2NO2. The highest BCUT2D eigenvalue weighted by Crippen LogP contribution is 2.44. The number of halogens is 3. The van der Waals surface area contributed by atoms with E-state index in [1.54, 1.807) is 0 Å². The summed E-state index contributed by atoms with van der Waals surface area (Å²) in [4.78, 5) is 10.7. The van der Waals surface area contributed by atoms with Crippen molar-refractivity contribution in [2.45, 2.75) is 24.3 Å². The lowest BCUT2D eigenvalue weighted by molar-refractivity contribution is -0.174. The van der Waals surface area contributed by atoms with E-state index >= 15 is 0 Å². The molecule has 1 fully saturated rings. The van der Waals surface area contributed by atoms with Gasteiger partial charge in [0.15, 0.2) is 0 Å². The zero-order valence-electron chi connectivity index (χ0n) is 6.47. The van der Waals surface area contributed by atoms with Crippen molar-refractivity contribution in [2.75, 3.05) is 7.11 Å². The van der Waals surface area contributed by atoms with Gasteiger partial charge in [0.2, 0.25) is 0 Å². The minimum Gasteiger partial charge on any atom is -0.468 e. The van der Waals surface area contributed by atoms with Crippen molar-refractivity contribution in [2.24, 2.45) is 5.73 Å². The van der Waals surface area contributed by atoms with Crippen LogP contribution >= 0.6 is 12.4 Å². The van der Waals surface area contributed by atoms with Gasteiger partial charge in [0.1, 0.15) is 5.54 Å². The quantitative estimate of drug-likeness (QED) is 0.636. The maximum atomic E-state index is 12.2. The minimum atomic E-state index is -2.79. The molecule has 0 radical (unpaired) electrons. The fourth-order valence-electron chi connectivity index (χ4n) is 1.22. The van der Waals surface area contributed by atoms with E-state index in [1.807, 2.05) is 0 Å². The molecule has 2 N–H and O–H groups in total. The molecule has 12 heavy (non-hydrogen) atoms. The molecule has 0 aliphatic heterocycles. The number of rotatable bonds is 1. The number of esters is 1. The average Bonchev–Trinajstić information content (AvgIpc) is 1.81. The van der Waals surface area contributed by atoms with Gasteiger partial charge in [-0.05, 0) is 0 Å². The van der Waals surface area contributed by atoms with Crippen LogP contribution in [0.5, 0.6) is 0 Å². The van der Waals surface area contributed by atoms with Gasteiger partial charge >= 0.3 is 5.97 Å². The number of hydrogen-bond donors (Lipinski definition) is 1. The number of nitrogens with two attached hydrogens (primary N) is 1. The number of hydrogen-bond acceptors (Lipinski definition) is 3. The van der Waals surface area contributed by atoms with Crippen LogP contribution in [0.4, 0.5) is 8.78 Å². The monoisotopic (exact) mass is 201 g/mol. The van der Waals surface area contributed by atoms with Gasteiger partial charge in [0, 0.05) is 12.8 Å². The predicted molar refractivity (Wildman–Crippen MR) is 40.4 cm³/mol. The second-order valence-electron chi connectivity index (χ2n) is 2.86. The van der Waals surface area contributed by atoms with Crippen LogP contribution in [-0.4, -0.2) is 24.5 Å². The van der Waals surface area contributed by atoms with Crippen molar-refractivity contribution in [1.82, 2.24) is 0 Å². The minimum absolute atomic E-state index is 0. The fourth-order valence-corrected chi connectivity index (χ4v) is 1.22. The average molecular weight is 202 g/mol. The summed E-state index contributed by atoms with van der Waals surface area (Å²) in [6.45, 7) is 0. The molecule has 0 aromatic heterocycles. The van der Waals surface area contributed by atoms with Crippen LogP contribution in [0.15, 0.2) is 0 Å². The highest BCUT2D eigenvalue weighted by atomic mass is 35.5. The first kappa shape index (κ1) is 11.6. The first-order valence-corrected chi connectivity index (χ1v) is 3.15. The topological polar surface area (TPSA) is 52.3 Å². The molecule has 0 aromatic rings. The largest absolute Gasteiger partial charge is 0.468 e. The Morgan fingerprint density at radius 2 is 1.92 bits per heavy atom. The van der Waals surface area contributed by atoms with E-state index in [2.05, 4.69) is 4.74 Å². The lowest BCUT2D eigenvalue weighted by Crippen LogP contribution is -2.63. The van der Waals surface area contributed by atoms with Gasteiger partial charge < -0.3 is 10.5 Å². The molecule has 0 amide bonds. The van der Waals surface area contributed by atoms with Gasteiger partial charge in [-0.15, -0.1) is 12.4 Å². The van der Waals surface area contributed by atoms with Crippen LogP contribution < -0.4 is 5.73 Å². The van der Waals surface area contributed by atoms with E-state index < -0.39 is 30.3 Å². The Labute approximate surface area is 74.7 Å². The molecule has 0 bridgehead atoms. The molecule has 0 spiro atoms. The van der Waals surface area contributed by atoms with Crippen molar-refractivity contribution >= 4 is 18.4 Å². The van der Waals surface area contributed by atoms with Crippen LogP contribution in [0.1, 0.15) is 12.8 Å². The first-order chi connectivity index (χ1) is 4.90. The zero-order chi connectivity index (χ0) is 8.70. The molecule has 72 valence electrons. The van der Waals surface area contributed by atoms with Crippen molar-refractivity contribution in [3.8, 4) is 0 Å². The summed E-state index contributed by atoms with van der Waals surface area (Å²) in [6, 6.07) is 0. The smallest absolute Gasteiger partial charge is 0.326 e. The summed E-state index contributed by atoms with van der Waals surface area (Å²) >= 11 is 0. The third-order valence-electron chi connectivity index (χ3n) is 1.74. The molecule has 3 nitrogen and oxygen atoms in total. The standard InChI is InChI=1S/C6H9F2NO2.ClH/c1-11-4(10)5(9)2-6(7,8)3-5;/h2-3,9H2,1H3;1H.